The molecule has 0 aromatic carbocycles. The van der Waals surface area contributed by atoms with Crippen molar-refractivity contribution in [1.82, 2.24) is 0 Å². The fourth-order valence-electron chi connectivity index (χ4n) is 3.53. The lowest BCUT2D eigenvalue weighted by molar-refractivity contribution is -0.0203. The van der Waals surface area contributed by atoms with Crippen LogP contribution in [0.15, 0.2) is 0 Å². The van der Waals surface area contributed by atoms with Gasteiger partial charge in [-0.2, -0.15) is 0 Å². The second-order valence-corrected chi connectivity index (χ2v) is 5.23. The van der Waals surface area contributed by atoms with E-state index in [0.29, 0.717) is 5.92 Å². The third kappa shape index (κ3) is 0.953. The maximum absolute atomic E-state index is 10.1. The number of hydrogen-bond donors (Lipinski definition) is 1. The second-order valence-electron chi connectivity index (χ2n) is 5.23. The van der Waals surface area contributed by atoms with Crippen molar-refractivity contribution >= 4 is 0 Å². The van der Waals surface area contributed by atoms with E-state index >= 15 is 0 Å². The molecule has 0 aromatic rings. The average molecular weight is 166 g/mol. The van der Waals surface area contributed by atoms with Crippen molar-refractivity contribution in [2.45, 2.75) is 50.5 Å². The third-order valence-corrected chi connectivity index (χ3v) is 4.50. The first-order valence-electron chi connectivity index (χ1n) is 5.50. The Morgan fingerprint density at radius 3 is 2.08 bits per heavy atom. The molecule has 68 valence electrons. The highest BCUT2D eigenvalue weighted by molar-refractivity contribution is 5.05. The molecule has 4 aliphatic rings. The molecule has 0 heterocycles. The van der Waals surface area contributed by atoms with E-state index in [-0.39, 0.29) is 5.60 Å². The lowest BCUT2D eigenvalue weighted by Crippen LogP contribution is -2.39. The molecule has 1 atom stereocenters. The van der Waals surface area contributed by atoms with Crippen molar-refractivity contribution in [1.29, 1.82) is 0 Å². The lowest BCUT2D eigenvalue weighted by Gasteiger charge is -2.44. The predicted molar refractivity (Wildman–Crippen MR) is 47.7 cm³/mol. The van der Waals surface area contributed by atoms with Crippen molar-refractivity contribution in [2.24, 2.45) is 17.8 Å². The summed E-state index contributed by atoms with van der Waals surface area (Å²) in [5.74, 6) is 2.57. The van der Waals surface area contributed by atoms with Gasteiger partial charge in [-0.05, 0) is 49.9 Å². The van der Waals surface area contributed by atoms with E-state index < -0.39 is 0 Å². The molecule has 1 unspecified atom stereocenters. The van der Waals surface area contributed by atoms with Crippen LogP contribution >= 0.6 is 0 Å². The Morgan fingerprint density at radius 1 is 1.00 bits per heavy atom. The Labute approximate surface area is 74.2 Å². The largest absolute Gasteiger partial charge is 0.390 e. The molecule has 4 aliphatic carbocycles. The van der Waals surface area contributed by atoms with Gasteiger partial charge in [0.2, 0.25) is 0 Å². The van der Waals surface area contributed by atoms with Crippen LogP contribution in [0.3, 0.4) is 0 Å². The normalized spacial score (nSPS) is 49.2. The first kappa shape index (κ1) is 7.37. The van der Waals surface area contributed by atoms with Gasteiger partial charge in [-0.3, -0.25) is 0 Å². The standard InChI is InChI=1S/C11H18O/c12-11(5-6-11)10-7-8-1-3-9(10)4-2-8/h8-10,12H,1-7H2. The summed E-state index contributed by atoms with van der Waals surface area (Å²) in [6.45, 7) is 0. The van der Waals surface area contributed by atoms with Crippen LogP contribution in [0.25, 0.3) is 0 Å². The van der Waals surface area contributed by atoms with E-state index in [0.717, 1.165) is 24.7 Å². The van der Waals surface area contributed by atoms with Crippen LogP contribution in [0, 0.1) is 17.8 Å². The summed E-state index contributed by atoms with van der Waals surface area (Å²) in [5, 5.41) is 10.1. The summed E-state index contributed by atoms with van der Waals surface area (Å²) in [4.78, 5) is 0. The SMILES string of the molecule is OC1(C2CC3CCC2CC3)CC1. The minimum Gasteiger partial charge on any atom is -0.390 e. The maximum atomic E-state index is 10.1. The number of fused-ring (bicyclic) bond motifs is 3. The molecule has 0 radical (unpaired) electrons. The monoisotopic (exact) mass is 166 g/mol. The molecule has 1 N–H and O–H groups in total. The maximum Gasteiger partial charge on any atom is 0.0680 e. The van der Waals surface area contributed by atoms with E-state index in [9.17, 15) is 5.11 Å². The summed E-state index contributed by atoms with van der Waals surface area (Å²) in [6, 6.07) is 0. The van der Waals surface area contributed by atoms with Gasteiger partial charge in [0.15, 0.2) is 0 Å². The van der Waals surface area contributed by atoms with E-state index in [1.54, 1.807) is 0 Å². The summed E-state index contributed by atoms with van der Waals surface area (Å²) in [5.41, 5.74) is -0.177. The van der Waals surface area contributed by atoms with Gasteiger partial charge in [-0.15, -0.1) is 0 Å². The third-order valence-electron chi connectivity index (χ3n) is 4.50. The minimum atomic E-state index is -0.177. The molecule has 4 rings (SSSR count). The Balaban J connectivity index is 1.79. The summed E-state index contributed by atoms with van der Waals surface area (Å²) in [7, 11) is 0. The van der Waals surface area contributed by atoms with Crippen LogP contribution in [-0.2, 0) is 0 Å². The van der Waals surface area contributed by atoms with Crippen LogP contribution < -0.4 is 0 Å². The van der Waals surface area contributed by atoms with Gasteiger partial charge in [0.05, 0.1) is 5.60 Å². The minimum absolute atomic E-state index is 0.177. The van der Waals surface area contributed by atoms with Crippen LogP contribution in [0.5, 0.6) is 0 Å². The molecule has 0 aromatic heterocycles. The van der Waals surface area contributed by atoms with Crippen LogP contribution in [0.4, 0.5) is 0 Å². The molecule has 4 saturated carbocycles. The van der Waals surface area contributed by atoms with Gasteiger partial charge in [0, 0.05) is 0 Å². The first-order valence-corrected chi connectivity index (χ1v) is 5.50. The Bertz CT molecular complexity index is 187. The Morgan fingerprint density at radius 2 is 1.67 bits per heavy atom. The van der Waals surface area contributed by atoms with Gasteiger partial charge in [0.25, 0.3) is 0 Å². The predicted octanol–water partition coefficient (Wildman–Crippen LogP) is 2.34. The Kier molecular flexibility index (Phi) is 1.39. The quantitative estimate of drug-likeness (QED) is 0.634. The van der Waals surface area contributed by atoms with E-state index in [1.807, 2.05) is 0 Å². The van der Waals surface area contributed by atoms with Gasteiger partial charge in [0.1, 0.15) is 0 Å². The molecular formula is C11H18O. The van der Waals surface area contributed by atoms with E-state index in [4.69, 9.17) is 0 Å². The van der Waals surface area contributed by atoms with Gasteiger partial charge < -0.3 is 5.11 Å². The molecule has 0 spiro atoms. The van der Waals surface area contributed by atoms with Crippen molar-refractivity contribution in [3.63, 3.8) is 0 Å². The lowest BCUT2D eigenvalue weighted by atomic mass is 9.62. The highest BCUT2D eigenvalue weighted by Crippen LogP contribution is 2.56. The number of hydrogen-bond acceptors (Lipinski definition) is 1. The van der Waals surface area contributed by atoms with Gasteiger partial charge in [-0.25, -0.2) is 0 Å². The smallest absolute Gasteiger partial charge is 0.0680 e. The molecule has 1 heteroatoms. The zero-order valence-corrected chi connectivity index (χ0v) is 7.63. The second kappa shape index (κ2) is 2.25. The molecule has 12 heavy (non-hydrogen) atoms. The topological polar surface area (TPSA) is 20.2 Å². The van der Waals surface area contributed by atoms with Crippen molar-refractivity contribution in [3.8, 4) is 0 Å². The molecule has 1 nitrogen and oxygen atoms in total. The zero-order valence-electron chi connectivity index (χ0n) is 7.63. The summed E-state index contributed by atoms with van der Waals surface area (Å²) < 4.78 is 0. The summed E-state index contributed by atoms with van der Waals surface area (Å²) in [6.07, 6.45) is 9.28. The molecule has 2 bridgehead atoms. The van der Waals surface area contributed by atoms with Crippen molar-refractivity contribution < 1.29 is 5.11 Å². The number of aliphatic hydroxyl groups is 1. The van der Waals surface area contributed by atoms with Crippen molar-refractivity contribution in [2.75, 3.05) is 0 Å². The Hall–Kier alpha value is -0.0400. The molecule has 0 aliphatic heterocycles. The molecule has 0 saturated heterocycles. The highest BCUT2D eigenvalue weighted by atomic mass is 16.3. The van der Waals surface area contributed by atoms with Crippen molar-refractivity contribution in [3.05, 3.63) is 0 Å². The molecule has 0 amide bonds. The average Bonchev–Trinajstić information content (AvgIpc) is 2.87. The fraction of sp³-hybridized carbons (Fsp3) is 1.00. The van der Waals surface area contributed by atoms with Crippen LogP contribution in [0.1, 0.15) is 44.9 Å². The van der Waals surface area contributed by atoms with E-state index in [2.05, 4.69) is 0 Å². The van der Waals surface area contributed by atoms with Crippen LogP contribution in [0.2, 0.25) is 0 Å². The molecule has 4 fully saturated rings. The fourth-order valence-corrected chi connectivity index (χ4v) is 3.53. The molecular weight excluding hydrogens is 148 g/mol. The van der Waals surface area contributed by atoms with Crippen LogP contribution in [-0.4, -0.2) is 10.7 Å². The number of rotatable bonds is 1. The first-order chi connectivity index (χ1) is 5.78. The zero-order chi connectivity index (χ0) is 8.18. The summed E-state index contributed by atoms with van der Waals surface area (Å²) >= 11 is 0. The van der Waals surface area contributed by atoms with Gasteiger partial charge in [-0.1, -0.05) is 12.8 Å². The highest BCUT2D eigenvalue weighted by Gasteiger charge is 2.53. The van der Waals surface area contributed by atoms with E-state index in [1.165, 1.54) is 32.1 Å². The van der Waals surface area contributed by atoms with Gasteiger partial charge >= 0.3 is 0 Å².